The maximum absolute atomic E-state index is 12.3. The van der Waals surface area contributed by atoms with E-state index in [9.17, 15) is 14.7 Å². The van der Waals surface area contributed by atoms with Gasteiger partial charge in [0, 0.05) is 16.1 Å². The first kappa shape index (κ1) is 18.5. The van der Waals surface area contributed by atoms with Gasteiger partial charge in [-0.2, -0.15) is 0 Å². The fourth-order valence-corrected chi connectivity index (χ4v) is 2.54. The second-order valence-electron chi connectivity index (χ2n) is 4.89. The molecule has 1 amide bonds. The van der Waals surface area contributed by atoms with Crippen LogP contribution in [0.2, 0.25) is 0 Å². The van der Waals surface area contributed by atoms with Crippen LogP contribution in [0.1, 0.15) is 15.9 Å². The Balaban J connectivity index is 2.35. The van der Waals surface area contributed by atoms with Gasteiger partial charge in [-0.3, -0.25) is 4.79 Å². The number of nitrogens with one attached hydrogen (secondary N) is 1. The van der Waals surface area contributed by atoms with E-state index in [0.29, 0.717) is 27.1 Å². The molecule has 0 fully saturated rings. The fourth-order valence-electron chi connectivity index (χ4n) is 2.07. The molecule has 0 atom stereocenters. The second kappa shape index (κ2) is 8.34. The van der Waals surface area contributed by atoms with Gasteiger partial charge in [0.25, 0.3) is 5.91 Å². The summed E-state index contributed by atoms with van der Waals surface area (Å²) in [5.41, 5.74) is 0.371. The standard InChI is InChI=1S/C18H16BrNO5/c1-24-12-8-7-11(16(10-12)25-2)9-15(18(22)23)20-17(21)13-5-3-4-6-14(13)19/h3-10H,1-2H3,(H,20,21)(H,22,23)/p-1/b15-9-. The molecular weight excluding hydrogens is 390 g/mol. The van der Waals surface area contributed by atoms with Gasteiger partial charge in [-0.1, -0.05) is 12.1 Å². The summed E-state index contributed by atoms with van der Waals surface area (Å²) in [6, 6.07) is 11.5. The highest BCUT2D eigenvalue weighted by atomic mass is 79.9. The molecule has 0 aromatic heterocycles. The lowest BCUT2D eigenvalue weighted by atomic mass is 10.1. The molecule has 130 valence electrons. The van der Waals surface area contributed by atoms with Crippen LogP contribution in [0.25, 0.3) is 6.08 Å². The first-order chi connectivity index (χ1) is 12.0. The third kappa shape index (κ3) is 4.60. The Kier molecular flexibility index (Phi) is 6.19. The van der Waals surface area contributed by atoms with Crippen LogP contribution in [0, 0.1) is 0 Å². The number of hydrogen-bond donors (Lipinski definition) is 1. The van der Waals surface area contributed by atoms with Gasteiger partial charge < -0.3 is 24.7 Å². The molecule has 0 aliphatic rings. The number of carboxylic acids is 1. The molecule has 0 radical (unpaired) electrons. The molecule has 0 bridgehead atoms. The number of halogens is 1. The van der Waals surface area contributed by atoms with Crippen LogP contribution < -0.4 is 19.9 Å². The van der Waals surface area contributed by atoms with Crippen molar-refractivity contribution in [3.8, 4) is 11.5 Å². The van der Waals surface area contributed by atoms with Crippen molar-refractivity contribution in [2.75, 3.05) is 14.2 Å². The SMILES string of the molecule is COc1ccc(/C=C(\NC(=O)c2ccccc2Br)C(=O)[O-])c(OC)c1. The number of amides is 1. The van der Waals surface area contributed by atoms with Crippen molar-refractivity contribution in [2.24, 2.45) is 0 Å². The molecule has 1 N–H and O–H groups in total. The molecule has 0 unspecified atom stereocenters. The summed E-state index contributed by atoms with van der Waals surface area (Å²) in [5, 5.41) is 13.8. The molecule has 0 saturated carbocycles. The highest BCUT2D eigenvalue weighted by Crippen LogP contribution is 2.26. The van der Waals surface area contributed by atoms with Crippen LogP contribution in [0.4, 0.5) is 0 Å². The summed E-state index contributed by atoms with van der Waals surface area (Å²) >= 11 is 3.25. The number of methoxy groups -OCH3 is 2. The lowest BCUT2D eigenvalue weighted by molar-refractivity contribution is -0.299. The predicted molar refractivity (Wildman–Crippen MR) is 94.1 cm³/mol. The van der Waals surface area contributed by atoms with Crippen LogP contribution in [0.5, 0.6) is 11.5 Å². The van der Waals surface area contributed by atoms with E-state index in [2.05, 4.69) is 21.2 Å². The highest BCUT2D eigenvalue weighted by molar-refractivity contribution is 9.10. The van der Waals surface area contributed by atoms with E-state index in [0.717, 1.165) is 0 Å². The van der Waals surface area contributed by atoms with Gasteiger partial charge in [0.2, 0.25) is 0 Å². The van der Waals surface area contributed by atoms with Gasteiger partial charge in [0.1, 0.15) is 11.5 Å². The third-order valence-corrected chi connectivity index (χ3v) is 4.02. The van der Waals surface area contributed by atoms with Crippen LogP contribution in [0.15, 0.2) is 52.6 Å². The zero-order chi connectivity index (χ0) is 18.4. The number of carbonyl (C=O) groups is 2. The number of benzene rings is 2. The first-order valence-electron chi connectivity index (χ1n) is 7.17. The zero-order valence-corrected chi connectivity index (χ0v) is 15.1. The number of rotatable bonds is 6. The number of ether oxygens (including phenoxy) is 2. The molecule has 0 saturated heterocycles. The van der Waals surface area contributed by atoms with E-state index in [4.69, 9.17) is 9.47 Å². The minimum absolute atomic E-state index is 0.302. The Morgan fingerprint density at radius 3 is 2.44 bits per heavy atom. The highest BCUT2D eigenvalue weighted by Gasteiger charge is 2.12. The largest absolute Gasteiger partial charge is 0.543 e. The molecule has 2 rings (SSSR count). The maximum atomic E-state index is 12.3. The van der Waals surface area contributed by atoms with Gasteiger partial charge in [-0.05, 0) is 46.3 Å². The summed E-state index contributed by atoms with van der Waals surface area (Å²) in [4.78, 5) is 23.7. The van der Waals surface area contributed by atoms with E-state index >= 15 is 0 Å². The minimum atomic E-state index is -1.52. The summed E-state index contributed by atoms with van der Waals surface area (Å²) in [6.07, 6.45) is 1.27. The summed E-state index contributed by atoms with van der Waals surface area (Å²) in [6.45, 7) is 0. The van der Waals surface area contributed by atoms with Gasteiger partial charge >= 0.3 is 0 Å². The van der Waals surface area contributed by atoms with Gasteiger partial charge in [-0.15, -0.1) is 0 Å². The van der Waals surface area contributed by atoms with Crippen LogP contribution in [0.3, 0.4) is 0 Å². The molecular formula is C18H15BrNO5-. The van der Waals surface area contributed by atoms with E-state index < -0.39 is 11.9 Å². The second-order valence-corrected chi connectivity index (χ2v) is 5.74. The average molecular weight is 405 g/mol. The lowest BCUT2D eigenvalue weighted by Gasteiger charge is -2.13. The Morgan fingerprint density at radius 2 is 1.84 bits per heavy atom. The molecule has 0 heterocycles. The Hall–Kier alpha value is -2.80. The van der Waals surface area contributed by atoms with Crippen LogP contribution in [-0.2, 0) is 4.79 Å². The first-order valence-corrected chi connectivity index (χ1v) is 7.96. The van der Waals surface area contributed by atoms with Crippen molar-refractivity contribution in [3.63, 3.8) is 0 Å². The summed E-state index contributed by atoms with van der Waals surface area (Å²) in [7, 11) is 2.96. The Labute approximate surface area is 153 Å². The van der Waals surface area contributed by atoms with Gasteiger partial charge in [0.05, 0.1) is 31.4 Å². The quantitative estimate of drug-likeness (QED) is 0.743. The average Bonchev–Trinajstić information content (AvgIpc) is 2.61. The molecule has 0 aliphatic carbocycles. The fraction of sp³-hybridized carbons (Fsp3) is 0.111. The van der Waals surface area contributed by atoms with Gasteiger partial charge in [0.15, 0.2) is 0 Å². The molecule has 6 nitrogen and oxygen atoms in total. The summed E-state index contributed by atoms with van der Waals surface area (Å²) in [5.74, 6) is -1.14. The number of hydrogen-bond acceptors (Lipinski definition) is 5. The minimum Gasteiger partial charge on any atom is -0.543 e. The molecule has 2 aromatic rings. The van der Waals surface area contributed by atoms with E-state index in [1.807, 2.05) is 0 Å². The number of carbonyl (C=O) groups excluding carboxylic acids is 2. The van der Waals surface area contributed by atoms with E-state index in [1.54, 1.807) is 42.5 Å². The molecule has 0 aliphatic heterocycles. The van der Waals surface area contributed by atoms with Crippen LogP contribution >= 0.6 is 15.9 Å². The topological polar surface area (TPSA) is 87.7 Å². The Morgan fingerprint density at radius 1 is 1.12 bits per heavy atom. The third-order valence-electron chi connectivity index (χ3n) is 3.33. The monoisotopic (exact) mass is 404 g/mol. The molecule has 2 aromatic carbocycles. The molecule has 25 heavy (non-hydrogen) atoms. The summed E-state index contributed by atoms with van der Waals surface area (Å²) < 4.78 is 10.9. The normalized spacial score (nSPS) is 10.9. The number of carboxylic acid groups (broad SMARTS) is 1. The zero-order valence-electron chi connectivity index (χ0n) is 13.5. The molecule has 0 spiro atoms. The maximum Gasteiger partial charge on any atom is 0.256 e. The van der Waals surface area contributed by atoms with E-state index in [1.165, 1.54) is 20.3 Å². The van der Waals surface area contributed by atoms with Crippen LogP contribution in [-0.4, -0.2) is 26.1 Å². The van der Waals surface area contributed by atoms with Crippen molar-refractivity contribution >= 4 is 33.9 Å². The smallest absolute Gasteiger partial charge is 0.256 e. The van der Waals surface area contributed by atoms with Crippen molar-refractivity contribution in [1.82, 2.24) is 5.32 Å². The Bertz CT molecular complexity index is 832. The predicted octanol–water partition coefficient (Wildman–Crippen LogP) is 1.99. The lowest BCUT2D eigenvalue weighted by Crippen LogP contribution is -2.35. The van der Waals surface area contributed by atoms with Crippen molar-refractivity contribution < 1.29 is 24.2 Å². The van der Waals surface area contributed by atoms with Crippen molar-refractivity contribution in [3.05, 3.63) is 63.8 Å². The van der Waals surface area contributed by atoms with Gasteiger partial charge in [-0.25, -0.2) is 0 Å². The van der Waals surface area contributed by atoms with E-state index in [-0.39, 0.29) is 5.70 Å². The number of aliphatic carboxylic acids is 1. The van der Waals surface area contributed by atoms with Crippen molar-refractivity contribution in [1.29, 1.82) is 0 Å². The van der Waals surface area contributed by atoms with Crippen molar-refractivity contribution in [2.45, 2.75) is 0 Å². The molecule has 7 heteroatoms.